The summed E-state index contributed by atoms with van der Waals surface area (Å²) < 4.78 is 18.3. The van der Waals surface area contributed by atoms with Gasteiger partial charge in [-0.05, 0) is 31.0 Å². The molecule has 0 bridgehead atoms. The van der Waals surface area contributed by atoms with Gasteiger partial charge in [0.15, 0.2) is 0 Å². The average molecular weight is 252 g/mol. The second kappa shape index (κ2) is 5.78. The van der Waals surface area contributed by atoms with Gasteiger partial charge in [0.05, 0.1) is 13.2 Å². The Bertz CT molecular complexity index is 376. The summed E-state index contributed by atoms with van der Waals surface area (Å²) in [5, 5.41) is 0. The first-order chi connectivity index (χ1) is 8.64. The summed E-state index contributed by atoms with van der Waals surface area (Å²) in [6.07, 6.45) is 0.837. The smallest absolute Gasteiger partial charge is 0.123 e. The van der Waals surface area contributed by atoms with Crippen molar-refractivity contribution in [2.45, 2.75) is 18.9 Å². The highest BCUT2D eigenvalue weighted by Crippen LogP contribution is 2.21. The van der Waals surface area contributed by atoms with E-state index < -0.39 is 0 Å². The van der Waals surface area contributed by atoms with Crippen LogP contribution in [-0.2, 0) is 11.2 Å². The fourth-order valence-electron chi connectivity index (χ4n) is 2.46. The molecule has 1 heterocycles. The van der Waals surface area contributed by atoms with Crippen LogP contribution in [0.15, 0.2) is 24.3 Å². The Kier molecular flexibility index (Phi) is 4.32. The molecule has 2 N–H and O–H groups in total. The number of hydrogen-bond donors (Lipinski definition) is 1. The zero-order valence-electron chi connectivity index (χ0n) is 10.9. The van der Waals surface area contributed by atoms with E-state index in [9.17, 15) is 4.39 Å². The van der Waals surface area contributed by atoms with Gasteiger partial charge in [-0.15, -0.1) is 0 Å². The van der Waals surface area contributed by atoms with Crippen molar-refractivity contribution in [3.05, 3.63) is 35.6 Å². The molecular weight excluding hydrogens is 231 g/mol. The van der Waals surface area contributed by atoms with Crippen LogP contribution in [0.1, 0.15) is 12.5 Å². The quantitative estimate of drug-likeness (QED) is 0.880. The van der Waals surface area contributed by atoms with Crippen molar-refractivity contribution in [3.63, 3.8) is 0 Å². The molecule has 18 heavy (non-hydrogen) atoms. The van der Waals surface area contributed by atoms with Gasteiger partial charge in [-0.25, -0.2) is 4.39 Å². The largest absolute Gasteiger partial charge is 0.379 e. The van der Waals surface area contributed by atoms with Gasteiger partial charge < -0.3 is 10.5 Å². The Morgan fingerprint density at radius 2 is 1.89 bits per heavy atom. The average Bonchev–Trinajstić information content (AvgIpc) is 2.42. The maximum atomic E-state index is 12.9. The highest BCUT2D eigenvalue weighted by molar-refractivity contribution is 5.19. The number of morpholine rings is 1. The van der Waals surface area contributed by atoms with Crippen molar-refractivity contribution in [1.29, 1.82) is 0 Å². The molecule has 100 valence electrons. The lowest BCUT2D eigenvalue weighted by Gasteiger charge is -2.42. The summed E-state index contributed by atoms with van der Waals surface area (Å²) in [6.45, 7) is 6.11. The molecule has 1 unspecified atom stereocenters. The summed E-state index contributed by atoms with van der Waals surface area (Å²) in [7, 11) is 0. The zero-order chi connectivity index (χ0) is 13.0. The molecule has 1 aromatic rings. The summed E-state index contributed by atoms with van der Waals surface area (Å²) in [5.41, 5.74) is 7.00. The van der Waals surface area contributed by atoms with Gasteiger partial charge in [0.1, 0.15) is 5.82 Å². The number of hydrogen-bond acceptors (Lipinski definition) is 3. The Balaban J connectivity index is 2.08. The molecule has 0 aliphatic carbocycles. The summed E-state index contributed by atoms with van der Waals surface area (Å²) in [6, 6.07) is 6.69. The van der Waals surface area contributed by atoms with E-state index in [1.807, 2.05) is 12.1 Å². The molecular formula is C14H21FN2O. The van der Waals surface area contributed by atoms with Gasteiger partial charge in [-0.3, -0.25) is 4.90 Å². The zero-order valence-corrected chi connectivity index (χ0v) is 10.9. The van der Waals surface area contributed by atoms with Crippen LogP contribution in [0.5, 0.6) is 0 Å². The van der Waals surface area contributed by atoms with E-state index in [1.165, 1.54) is 12.1 Å². The van der Waals surface area contributed by atoms with Gasteiger partial charge in [0.25, 0.3) is 0 Å². The van der Waals surface area contributed by atoms with Crippen molar-refractivity contribution in [3.8, 4) is 0 Å². The predicted molar refractivity (Wildman–Crippen MR) is 70.0 cm³/mol. The van der Waals surface area contributed by atoms with E-state index >= 15 is 0 Å². The topological polar surface area (TPSA) is 38.5 Å². The normalized spacial score (nSPS) is 20.6. The van der Waals surface area contributed by atoms with Crippen LogP contribution in [0.3, 0.4) is 0 Å². The number of benzene rings is 1. The van der Waals surface area contributed by atoms with Gasteiger partial charge >= 0.3 is 0 Å². The third-order valence-electron chi connectivity index (χ3n) is 3.71. The van der Waals surface area contributed by atoms with Crippen molar-refractivity contribution in [2.75, 3.05) is 32.8 Å². The van der Waals surface area contributed by atoms with Crippen molar-refractivity contribution < 1.29 is 9.13 Å². The minimum atomic E-state index is -0.195. The molecule has 1 atom stereocenters. The monoisotopic (exact) mass is 252 g/mol. The Morgan fingerprint density at radius 1 is 1.28 bits per heavy atom. The molecule has 1 saturated heterocycles. The molecule has 1 fully saturated rings. The first-order valence-electron chi connectivity index (χ1n) is 6.41. The molecule has 3 nitrogen and oxygen atoms in total. The van der Waals surface area contributed by atoms with E-state index in [4.69, 9.17) is 10.5 Å². The van der Waals surface area contributed by atoms with Gasteiger partial charge in [0.2, 0.25) is 0 Å². The Morgan fingerprint density at radius 3 is 2.44 bits per heavy atom. The van der Waals surface area contributed by atoms with Crippen LogP contribution in [-0.4, -0.2) is 43.3 Å². The number of nitrogens with zero attached hydrogens (tertiary/aromatic N) is 1. The molecule has 0 saturated carbocycles. The van der Waals surface area contributed by atoms with Crippen LogP contribution in [0, 0.1) is 5.82 Å². The van der Waals surface area contributed by atoms with Gasteiger partial charge in [-0.2, -0.15) is 0 Å². The maximum absolute atomic E-state index is 12.9. The van der Waals surface area contributed by atoms with Crippen LogP contribution >= 0.6 is 0 Å². The Labute approximate surface area is 108 Å². The summed E-state index contributed by atoms with van der Waals surface area (Å²) in [5.74, 6) is -0.195. The standard InChI is InChI=1S/C14H21FN2O/c1-14(11-16,17-6-8-18-9-7-17)10-12-2-4-13(15)5-3-12/h2-5H,6-11,16H2,1H3. The number of ether oxygens (including phenoxy) is 1. The third-order valence-corrected chi connectivity index (χ3v) is 3.71. The number of halogens is 1. The maximum Gasteiger partial charge on any atom is 0.123 e. The fourth-order valence-corrected chi connectivity index (χ4v) is 2.46. The van der Waals surface area contributed by atoms with Gasteiger partial charge in [-0.1, -0.05) is 12.1 Å². The van der Waals surface area contributed by atoms with Gasteiger partial charge in [0, 0.05) is 25.2 Å². The van der Waals surface area contributed by atoms with Crippen molar-refractivity contribution in [2.24, 2.45) is 5.73 Å². The second-order valence-electron chi connectivity index (χ2n) is 5.10. The Hall–Kier alpha value is -0.970. The molecule has 2 rings (SSSR count). The second-order valence-corrected chi connectivity index (χ2v) is 5.10. The van der Waals surface area contributed by atoms with E-state index in [-0.39, 0.29) is 11.4 Å². The minimum Gasteiger partial charge on any atom is -0.379 e. The minimum absolute atomic E-state index is 0.0817. The third kappa shape index (κ3) is 3.07. The lowest BCUT2D eigenvalue weighted by Crippen LogP contribution is -2.56. The number of nitrogens with two attached hydrogens (primary N) is 1. The van der Waals surface area contributed by atoms with Crippen LogP contribution < -0.4 is 5.73 Å². The van der Waals surface area contributed by atoms with E-state index in [0.29, 0.717) is 6.54 Å². The van der Waals surface area contributed by atoms with Crippen LogP contribution in [0.25, 0.3) is 0 Å². The molecule has 0 aromatic heterocycles. The van der Waals surface area contributed by atoms with Crippen LogP contribution in [0.2, 0.25) is 0 Å². The molecule has 1 aliphatic rings. The molecule has 0 radical (unpaired) electrons. The molecule has 0 amide bonds. The van der Waals surface area contributed by atoms with Crippen molar-refractivity contribution >= 4 is 0 Å². The molecule has 1 aromatic carbocycles. The molecule has 0 spiro atoms. The first kappa shape index (κ1) is 13.5. The highest BCUT2D eigenvalue weighted by atomic mass is 19.1. The van der Waals surface area contributed by atoms with E-state index in [1.54, 1.807) is 0 Å². The van der Waals surface area contributed by atoms with E-state index in [0.717, 1.165) is 38.3 Å². The SMILES string of the molecule is CC(CN)(Cc1ccc(F)cc1)N1CCOCC1. The van der Waals surface area contributed by atoms with E-state index in [2.05, 4.69) is 11.8 Å². The fraction of sp³-hybridized carbons (Fsp3) is 0.571. The highest BCUT2D eigenvalue weighted by Gasteiger charge is 2.31. The predicted octanol–water partition coefficient (Wildman–Crippen LogP) is 1.42. The molecule has 1 aliphatic heterocycles. The summed E-state index contributed by atoms with van der Waals surface area (Å²) in [4.78, 5) is 2.37. The lowest BCUT2D eigenvalue weighted by molar-refractivity contribution is -0.0132. The number of rotatable bonds is 4. The molecule has 4 heteroatoms. The lowest BCUT2D eigenvalue weighted by atomic mass is 9.90. The summed E-state index contributed by atoms with van der Waals surface area (Å²) >= 11 is 0. The first-order valence-corrected chi connectivity index (χ1v) is 6.41. The van der Waals surface area contributed by atoms with Crippen molar-refractivity contribution in [1.82, 2.24) is 4.90 Å². The van der Waals surface area contributed by atoms with Crippen LogP contribution in [0.4, 0.5) is 4.39 Å².